The molecule has 122 valence electrons. The number of anilines is 1. The first-order chi connectivity index (χ1) is 10.3. The maximum absolute atomic E-state index is 12.1. The smallest absolute Gasteiger partial charge is 0.410 e. The van der Waals surface area contributed by atoms with Crippen LogP contribution in [0.25, 0.3) is 0 Å². The minimum Gasteiger partial charge on any atom is -0.444 e. The van der Waals surface area contributed by atoms with Crippen LogP contribution in [0.1, 0.15) is 45.6 Å². The molecule has 0 bridgehead atoms. The van der Waals surface area contributed by atoms with E-state index in [1.807, 2.05) is 45.0 Å². The third-order valence-corrected chi connectivity index (χ3v) is 3.63. The predicted octanol–water partition coefficient (Wildman–Crippen LogP) is 3.59. The second kappa shape index (κ2) is 6.99. The van der Waals surface area contributed by atoms with Gasteiger partial charge in [-0.2, -0.15) is 0 Å². The number of nitrogens with one attached hydrogen (secondary N) is 1. The number of nitrogens with zero attached hydrogens (tertiary/aromatic N) is 2. The molecular formula is C17H27N3O2. The van der Waals surface area contributed by atoms with Crippen molar-refractivity contribution in [3.8, 4) is 0 Å². The molecule has 1 unspecified atom stereocenters. The quantitative estimate of drug-likeness (QED) is 0.907. The van der Waals surface area contributed by atoms with E-state index in [1.165, 1.54) is 0 Å². The van der Waals surface area contributed by atoms with Crippen LogP contribution in [-0.4, -0.2) is 40.7 Å². The lowest BCUT2D eigenvalue weighted by molar-refractivity contribution is 0.0256. The van der Waals surface area contributed by atoms with Gasteiger partial charge in [-0.3, -0.25) is 4.98 Å². The Bertz CT molecular complexity index is 511. The molecule has 1 N–H and O–H groups in total. The Morgan fingerprint density at radius 3 is 2.77 bits per heavy atom. The third kappa shape index (κ3) is 5.20. The van der Waals surface area contributed by atoms with Crippen LogP contribution < -0.4 is 5.32 Å². The fourth-order valence-corrected chi connectivity index (χ4v) is 2.62. The Labute approximate surface area is 133 Å². The molecule has 0 saturated carbocycles. The van der Waals surface area contributed by atoms with Crippen molar-refractivity contribution in [2.24, 2.45) is 0 Å². The third-order valence-electron chi connectivity index (χ3n) is 3.63. The van der Waals surface area contributed by atoms with Crippen LogP contribution in [0.2, 0.25) is 0 Å². The van der Waals surface area contributed by atoms with Crippen LogP contribution in [0.15, 0.2) is 18.5 Å². The van der Waals surface area contributed by atoms with Crippen LogP contribution in [-0.2, 0) is 4.74 Å². The molecule has 1 aromatic heterocycles. The number of amides is 1. The lowest BCUT2D eigenvalue weighted by Gasteiger charge is -2.26. The average molecular weight is 305 g/mol. The Morgan fingerprint density at radius 1 is 1.32 bits per heavy atom. The molecule has 5 nitrogen and oxygen atoms in total. The number of ether oxygens (including phenoxy) is 1. The van der Waals surface area contributed by atoms with Crippen LogP contribution in [0.5, 0.6) is 0 Å². The van der Waals surface area contributed by atoms with Gasteiger partial charge in [0.1, 0.15) is 5.60 Å². The van der Waals surface area contributed by atoms with Gasteiger partial charge in [0.2, 0.25) is 0 Å². The molecular weight excluding hydrogens is 278 g/mol. The van der Waals surface area contributed by atoms with E-state index in [2.05, 4.69) is 16.4 Å². The van der Waals surface area contributed by atoms with Gasteiger partial charge in [0.05, 0.1) is 5.69 Å². The Morgan fingerprint density at radius 2 is 2.09 bits per heavy atom. The largest absolute Gasteiger partial charge is 0.444 e. The molecule has 2 rings (SSSR count). The highest BCUT2D eigenvalue weighted by Crippen LogP contribution is 2.19. The van der Waals surface area contributed by atoms with Crippen LogP contribution >= 0.6 is 0 Å². The van der Waals surface area contributed by atoms with Crippen LogP contribution in [0.3, 0.4) is 0 Å². The Balaban J connectivity index is 1.88. The zero-order chi connectivity index (χ0) is 16.2. The van der Waals surface area contributed by atoms with E-state index in [9.17, 15) is 4.79 Å². The van der Waals surface area contributed by atoms with Crippen LogP contribution in [0, 0.1) is 6.92 Å². The molecule has 1 aliphatic rings. The van der Waals surface area contributed by atoms with E-state index in [0.717, 1.165) is 43.6 Å². The van der Waals surface area contributed by atoms with Crippen molar-refractivity contribution in [1.29, 1.82) is 0 Å². The van der Waals surface area contributed by atoms with Crippen molar-refractivity contribution in [2.75, 3.05) is 18.4 Å². The fraction of sp³-hybridized carbons (Fsp3) is 0.647. The van der Waals surface area contributed by atoms with Crippen molar-refractivity contribution < 1.29 is 9.53 Å². The van der Waals surface area contributed by atoms with Gasteiger partial charge in [-0.25, -0.2) is 4.79 Å². The Hall–Kier alpha value is -1.78. The van der Waals surface area contributed by atoms with Gasteiger partial charge in [-0.1, -0.05) is 0 Å². The molecule has 1 amide bonds. The van der Waals surface area contributed by atoms with E-state index in [0.29, 0.717) is 6.04 Å². The molecule has 22 heavy (non-hydrogen) atoms. The molecule has 0 spiro atoms. The molecule has 1 saturated heterocycles. The van der Waals surface area contributed by atoms with Gasteiger partial charge in [0.25, 0.3) is 0 Å². The van der Waals surface area contributed by atoms with Gasteiger partial charge < -0.3 is 15.0 Å². The number of rotatable bonds is 2. The van der Waals surface area contributed by atoms with Gasteiger partial charge in [-0.05, 0) is 58.6 Å². The maximum Gasteiger partial charge on any atom is 0.410 e. The monoisotopic (exact) mass is 305 g/mol. The first-order valence-electron chi connectivity index (χ1n) is 7.99. The van der Waals surface area contributed by atoms with E-state index >= 15 is 0 Å². The standard InChI is InChI=1S/C17H27N3O2/c1-13-10-15(12-18-11-13)19-14-6-5-8-20(9-7-14)16(21)22-17(2,3)4/h10-12,14,19H,5-9H2,1-4H3. The van der Waals surface area contributed by atoms with E-state index in [4.69, 9.17) is 4.74 Å². The molecule has 0 radical (unpaired) electrons. The molecule has 1 aliphatic heterocycles. The predicted molar refractivity (Wildman–Crippen MR) is 88.0 cm³/mol. The summed E-state index contributed by atoms with van der Waals surface area (Å²) in [6.45, 7) is 9.23. The molecule has 0 aromatic carbocycles. The first kappa shape index (κ1) is 16.6. The summed E-state index contributed by atoms with van der Waals surface area (Å²) >= 11 is 0. The molecule has 2 heterocycles. The Kier molecular flexibility index (Phi) is 5.27. The highest BCUT2D eigenvalue weighted by Gasteiger charge is 2.25. The summed E-state index contributed by atoms with van der Waals surface area (Å²) in [5.41, 5.74) is 1.76. The van der Waals surface area contributed by atoms with Gasteiger partial charge in [0, 0.05) is 31.5 Å². The van der Waals surface area contributed by atoms with Gasteiger partial charge >= 0.3 is 6.09 Å². The minimum atomic E-state index is -0.436. The fourth-order valence-electron chi connectivity index (χ4n) is 2.62. The van der Waals surface area contributed by atoms with Gasteiger partial charge in [0.15, 0.2) is 0 Å². The van der Waals surface area contributed by atoms with Crippen molar-refractivity contribution >= 4 is 11.8 Å². The second-order valence-corrected chi connectivity index (χ2v) is 6.99. The lowest BCUT2D eigenvalue weighted by atomic mass is 10.1. The summed E-state index contributed by atoms with van der Waals surface area (Å²) < 4.78 is 5.46. The number of aromatic nitrogens is 1. The number of hydrogen-bond acceptors (Lipinski definition) is 4. The van der Waals surface area contributed by atoms with Crippen molar-refractivity contribution in [3.05, 3.63) is 24.0 Å². The van der Waals surface area contributed by atoms with Crippen molar-refractivity contribution in [2.45, 2.75) is 58.6 Å². The molecule has 1 fully saturated rings. The lowest BCUT2D eigenvalue weighted by Crippen LogP contribution is -2.37. The van der Waals surface area contributed by atoms with E-state index in [1.54, 1.807) is 0 Å². The number of hydrogen-bond donors (Lipinski definition) is 1. The number of aryl methyl sites for hydroxylation is 1. The number of likely N-dealkylation sites (tertiary alicyclic amines) is 1. The number of carbonyl (C=O) groups is 1. The maximum atomic E-state index is 12.1. The summed E-state index contributed by atoms with van der Waals surface area (Å²) in [6.07, 6.45) is 6.45. The van der Waals surface area contributed by atoms with Gasteiger partial charge in [-0.15, -0.1) is 0 Å². The highest BCUT2D eigenvalue weighted by molar-refractivity contribution is 5.68. The van der Waals surface area contributed by atoms with Crippen molar-refractivity contribution in [1.82, 2.24) is 9.88 Å². The van der Waals surface area contributed by atoms with Crippen LogP contribution in [0.4, 0.5) is 10.5 Å². The summed E-state index contributed by atoms with van der Waals surface area (Å²) in [7, 11) is 0. The highest BCUT2D eigenvalue weighted by atomic mass is 16.6. The molecule has 5 heteroatoms. The zero-order valence-corrected chi connectivity index (χ0v) is 14.1. The number of pyridine rings is 1. The topological polar surface area (TPSA) is 54.5 Å². The molecule has 1 atom stereocenters. The second-order valence-electron chi connectivity index (χ2n) is 6.99. The molecule has 0 aliphatic carbocycles. The zero-order valence-electron chi connectivity index (χ0n) is 14.1. The number of carbonyl (C=O) groups excluding carboxylic acids is 1. The molecule has 1 aromatic rings. The first-order valence-corrected chi connectivity index (χ1v) is 7.99. The minimum absolute atomic E-state index is 0.203. The summed E-state index contributed by atoms with van der Waals surface area (Å²) in [5, 5.41) is 3.53. The van der Waals surface area contributed by atoms with Crippen molar-refractivity contribution in [3.63, 3.8) is 0 Å². The summed E-state index contributed by atoms with van der Waals surface area (Å²) in [5.74, 6) is 0. The SMILES string of the molecule is Cc1cncc(NC2CCCN(C(=O)OC(C)(C)C)CC2)c1. The average Bonchev–Trinajstić information content (AvgIpc) is 2.62. The van der Waals surface area contributed by atoms with E-state index in [-0.39, 0.29) is 6.09 Å². The summed E-state index contributed by atoms with van der Waals surface area (Å²) in [6, 6.07) is 2.47. The van der Waals surface area contributed by atoms with E-state index < -0.39 is 5.60 Å². The summed E-state index contributed by atoms with van der Waals surface area (Å²) in [4.78, 5) is 18.2. The normalized spacial score (nSPS) is 19.5.